The van der Waals surface area contributed by atoms with Crippen LogP contribution in [-0.4, -0.2) is 18.2 Å². The molecule has 0 spiro atoms. The Hall–Kier alpha value is -1.00. The lowest BCUT2D eigenvalue weighted by molar-refractivity contribution is 0.172. The molecular formula is C14H19F2NO. The van der Waals surface area contributed by atoms with Gasteiger partial charge in [-0.3, -0.25) is 0 Å². The van der Waals surface area contributed by atoms with E-state index in [0.717, 1.165) is 24.6 Å². The van der Waals surface area contributed by atoms with E-state index in [1.165, 1.54) is 18.9 Å². The van der Waals surface area contributed by atoms with E-state index in [0.29, 0.717) is 18.0 Å². The molecule has 1 saturated carbocycles. The SMILES string of the molecule is CC(CNCC(O)c1ccc(F)c(F)c1)C1CC1. The summed E-state index contributed by atoms with van der Waals surface area (Å²) in [7, 11) is 0. The molecule has 2 rings (SSSR count). The molecule has 1 aromatic rings. The van der Waals surface area contributed by atoms with Gasteiger partial charge in [0.15, 0.2) is 11.6 Å². The normalized spacial score (nSPS) is 18.7. The Morgan fingerprint density at radius 3 is 2.61 bits per heavy atom. The molecule has 1 fully saturated rings. The fourth-order valence-electron chi connectivity index (χ4n) is 2.12. The van der Waals surface area contributed by atoms with Crippen LogP contribution in [0.25, 0.3) is 0 Å². The minimum Gasteiger partial charge on any atom is -0.387 e. The summed E-state index contributed by atoms with van der Waals surface area (Å²) in [4.78, 5) is 0. The third kappa shape index (κ3) is 3.50. The highest BCUT2D eigenvalue weighted by molar-refractivity contribution is 5.20. The van der Waals surface area contributed by atoms with Gasteiger partial charge in [-0.15, -0.1) is 0 Å². The van der Waals surface area contributed by atoms with Crippen LogP contribution in [0.2, 0.25) is 0 Å². The van der Waals surface area contributed by atoms with E-state index in [9.17, 15) is 13.9 Å². The average molecular weight is 255 g/mol. The number of halogens is 2. The maximum absolute atomic E-state index is 13.0. The maximum Gasteiger partial charge on any atom is 0.159 e. The van der Waals surface area contributed by atoms with Crippen molar-refractivity contribution in [1.82, 2.24) is 5.32 Å². The van der Waals surface area contributed by atoms with Crippen molar-refractivity contribution in [1.29, 1.82) is 0 Å². The largest absolute Gasteiger partial charge is 0.387 e. The molecule has 0 aromatic heterocycles. The van der Waals surface area contributed by atoms with Crippen LogP contribution in [-0.2, 0) is 0 Å². The minimum absolute atomic E-state index is 0.363. The summed E-state index contributed by atoms with van der Waals surface area (Å²) in [6.07, 6.45) is 1.80. The van der Waals surface area contributed by atoms with Gasteiger partial charge >= 0.3 is 0 Å². The Balaban J connectivity index is 1.79. The smallest absolute Gasteiger partial charge is 0.159 e. The van der Waals surface area contributed by atoms with E-state index >= 15 is 0 Å². The lowest BCUT2D eigenvalue weighted by Gasteiger charge is -2.15. The van der Waals surface area contributed by atoms with Gasteiger partial charge in [-0.2, -0.15) is 0 Å². The first-order chi connectivity index (χ1) is 8.58. The predicted octanol–water partition coefficient (Wildman–Crippen LogP) is 2.63. The molecule has 2 unspecified atom stereocenters. The Bertz CT molecular complexity index is 407. The summed E-state index contributed by atoms with van der Waals surface area (Å²) in [5.41, 5.74) is 0.403. The molecule has 0 bridgehead atoms. The monoisotopic (exact) mass is 255 g/mol. The molecule has 1 aromatic carbocycles. The van der Waals surface area contributed by atoms with Gasteiger partial charge in [0, 0.05) is 6.54 Å². The molecular weight excluding hydrogens is 236 g/mol. The third-order valence-electron chi connectivity index (χ3n) is 3.56. The quantitative estimate of drug-likeness (QED) is 0.819. The second-order valence-electron chi connectivity index (χ2n) is 5.16. The Morgan fingerprint density at radius 2 is 2.00 bits per heavy atom. The van der Waals surface area contributed by atoms with Gasteiger partial charge in [-0.1, -0.05) is 13.0 Å². The summed E-state index contributed by atoms with van der Waals surface area (Å²) in [6.45, 7) is 3.40. The van der Waals surface area contributed by atoms with Gasteiger partial charge in [0.25, 0.3) is 0 Å². The van der Waals surface area contributed by atoms with Gasteiger partial charge < -0.3 is 10.4 Å². The van der Waals surface area contributed by atoms with Crippen LogP contribution < -0.4 is 5.32 Å². The summed E-state index contributed by atoms with van der Waals surface area (Å²) >= 11 is 0. The first-order valence-corrected chi connectivity index (χ1v) is 6.41. The fraction of sp³-hybridized carbons (Fsp3) is 0.571. The zero-order chi connectivity index (χ0) is 13.1. The van der Waals surface area contributed by atoms with Crippen molar-refractivity contribution in [3.05, 3.63) is 35.4 Å². The van der Waals surface area contributed by atoms with Crippen molar-refractivity contribution in [2.24, 2.45) is 11.8 Å². The molecule has 18 heavy (non-hydrogen) atoms. The molecule has 2 nitrogen and oxygen atoms in total. The fourth-order valence-corrected chi connectivity index (χ4v) is 2.12. The van der Waals surface area contributed by atoms with E-state index in [1.807, 2.05) is 0 Å². The highest BCUT2D eigenvalue weighted by atomic mass is 19.2. The van der Waals surface area contributed by atoms with Crippen molar-refractivity contribution in [2.45, 2.75) is 25.9 Å². The molecule has 1 aliphatic carbocycles. The Kier molecular flexibility index (Phi) is 4.30. The number of benzene rings is 1. The lowest BCUT2D eigenvalue weighted by atomic mass is 10.1. The molecule has 0 radical (unpaired) electrons. The van der Waals surface area contributed by atoms with Gasteiger partial charge in [-0.25, -0.2) is 8.78 Å². The zero-order valence-electron chi connectivity index (χ0n) is 10.5. The number of aliphatic hydroxyl groups excluding tert-OH is 1. The molecule has 2 atom stereocenters. The lowest BCUT2D eigenvalue weighted by Crippen LogP contribution is -2.27. The van der Waals surface area contributed by atoms with Crippen LogP contribution in [0, 0.1) is 23.5 Å². The summed E-state index contributed by atoms with van der Waals surface area (Å²) in [6, 6.07) is 3.50. The molecule has 0 heterocycles. The zero-order valence-corrected chi connectivity index (χ0v) is 10.5. The van der Waals surface area contributed by atoms with Gasteiger partial charge in [-0.05, 0) is 48.9 Å². The van der Waals surface area contributed by atoms with E-state index in [2.05, 4.69) is 12.2 Å². The third-order valence-corrected chi connectivity index (χ3v) is 3.56. The predicted molar refractivity (Wildman–Crippen MR) is 66.1 cm³/mol. The first kappa shape index (κ1) is 13.4. The Morgan fingerprint density at radius 1 is 1.28 bits per heavy atom. The highest BCUT2D eigenvalue weighted by Crippen LogP contribution is 2.36. The molecule has 0 saturated heterocycles. The first-order valence-electron chi connectivity index (χ1n) is 6.41. The number of hydrogen-bond acceptors (Lipinski definition) is 2. The van der Waals surface area contributed by atoms with Crippen molar-refractivity contribution >= 4 is 0 Å². The van der Waals surface area contributed by atoms with Crippen LogP contribution in [0.4, 0.5) is 8.78 Å². The van der Waals surface area contributed by atoms with E-state index in [4.69, 9.17) is 0 Å². The van der Waals surface area contributed by atoms with Crippen LogP contribution in [0.5, 0.6) is 0 Å². The second kappa shape index (κ2) is 5.76. The maximum atomic E-state index is 13.0. The summed E-state index contributed by atoms with van der Waals surface area (Å²) < 4.78 is 25.7. The summed E-state index contributed by atoms with van der Waals surface area (Å²) in [5.74, 6) is -0.376. The molecule has 100 valence electrons. The topological polar surface area (TPSA) is 32.3 Å². The Labute approximate surface area is 106 Å². The molecule has 1 aliphatic rings. The van der Waals surface area contributed by atoms with Crippen molar-refractivity contribution < 1.29 is 13.9 Å². The molecule has 0 amide bonds. The molecule has 0 aliphatic heterocycles. The van der Waals surface area contributed by atoms with Crippen molar-refractivity contribution in [3.63, 3.8) is 0 Å². The van der Waals surface area contributed by atoms with Gasteiger partial charge in [0.05, 0.1) is 6.10 Å². The van der Waals surface area contributed by atoms with Crippen LogP contribution in [0.3, 0.4) is 0 Å². The minimum atomic E-state index is -0.919. The van der Waals surface area contributed by atoms with E-state index < -0.39 is 17.7 Å². The average Bonchev–Trinajstić information content (AvgIpc) is 3.16. The number of nitrogens with one attached hydrogen (secondary N) is 1. The van der Waals surface area contributed by atoms with Gasteiger partial charge in [0.1, 0.15) is 0 Å². The van der Waals surface area contributed by atoms with Crippen molar-refractivity contribution in [2.75, 3.05) is 13.1 Å². The second-order valence-corrected chi connectivity index (χ2v) is 5.16. The van der Waals surface area contributed by atoms with Crippen LogP contribution >= 0.6 is 0 Å². The van der Waals surface area contributed by atoms with Crippen molar-refractivity contribution in [3.8, 4) is 0 Å². The van der Waals surface area contributed by atoms with Crippen LogP contribution in [0.1, 0.15) is 31.4 Å². The standard InChI is InChI=1S/C14H19F2NO/c1-9(10-2-3-10)7-17-8-14(18)11-4-5-12(15)13(16)6-11/h4-6,9-10,14,17-18H,2-3,7-8H2,1H3. The van der Waals surface area contributed by atoms with E-state index in [1.54, 1.807) is 0 Å². The molecule has 2 N–H and O–H groups in total. The highest BCUT2D eigenvalue weighted by Gasteiger charge is 2.27. The molecule has 4 heteroatoms. The number of hydrogen-bond donors (Lipinski definition) is 2. The van der Waals surface area contributed by atoms with Crippen LogP contribution in [0.15, 0.2) is 18.2 Å². The van der Waals surface area contributed by atoms with Gasteiger partial charge in [0.2, 0.25) is 0 Å². The number of aliphatic hydroxyl groups is 1. The number of rotatable bonds is 6. The summed E-state index contributed by atoms with van der Waals surface area (Å²) in [5, 5.41) is 13.0. The van der Waals surface area contributed by atoms with E-state index in [-0.39, 0.29) is 0 Å².